The second kappa shape index (κ2) is 6.97. The standard InChI is InChI=1S/C15H22N2O/c1-4-10-17(12(2)3)15(18)14(16)11-13-8-6-5-7-9-13/h4-9,12,14H,1,10-11,16H2,2-3H3/t14-/m1/s1. The maximum atomic E-state index is 12.2. The predicted molar refractivity (Wildman–Crippen MR) is 75.2 cm³/mol. The molecule has 3 heteroatoms. The highest BCUT2D eigenvalue weighted by Gasteiger charge is 2.22. The monoisotopic (exact) mass is 246 g/mol. The van der Waals surface area contributed by atoms with Crippen LogP contribution in [0.2, 0.25) is 0 Å². The molecule has 98 valence electrons. The van der Waals surface area contributed by atoms with E-state index in [2.05, 4.69) is 6.58 Å². The second-order valence-corrected chi connectivity index (χ2v) is 4.67. The van der Waals surface area contributed by atoms with E-state index in [0.717, 1.165) is 5.56 Å². The Morgan fingerprint density at radius 3 is 2.50 bits per heavy atom. The maximum Gasteiger partial charge on any atom is 0.240 e. The molecule has 2 N–H and O–H groups in total. The van der Waals surface area contributed by atoms with Gasteiger partial charge in [0.2, 0.25) is 5.91 Å². The molecule has 0 aromatic heterocycles. The van der Waals surface area contributed by atoms with Crippen LogP contribution in [-0.4, -0.2) is 29.4 Å². The molecule has 1 atom stereocenters. The summed E-state index contributed by atoms with van der Waals surface area (Å²) in [5, 5.41) is 0. The molecule has 0 unspecified atom stereocenters. The van der Waals surface area contributed by atoms with Gasteiger partial charge in [-0.1, -0.05) is 36.4 Å². The zero-order valence-corrected chi connectivity index (χ0v) is 11.2. The number of hydrogen-bond acceptors (Lipinski definition) is 2. The van der Waals surface area contributed by atoms with Gasteiger partial charge in [-0.2, -0.15) is 0 Å². The van der Waals surface area contributed by atoms with Gasteiger partial charge in [0.05, 0.1) is 6.04 Å². The van der Waals surface area contributed by atoms with Crippen LogP contribution in [0.15, 0.2) is 43.0 Å². The number of rotatable bonds is 6. The number of nitrogens with zero attached hydrogens (tertiary/aromatic N) is 1. The van der Waals surface area contributed by atoms with E-state index in [0.29, 0.717) is 13.0 Å². The molecule has 0 aliphatic rings. The highest BCUT2D eigenvalue weighted by atomic mass is 16.2. The second-order valence-electron chi connectivity index (χ2n) is 4.67. The van der Waals surface area contributed by atoms with E-state index in [-0.39, 0.29) is 11.9 Å². The van der Waals surface area contributed by atoms with Crippen molar-refractivity contribution in [1.82, 2.24) is 4.90 Å². The van der Waals surface area contributed by atoms with Gasteiger partial charge < -0.3 is 10.6 Å². The molecule has 1 amide bonds. The Bertz CT molecular complexity index is 387. The van der Waals surface area contributed by atoms with E-state index < -0.39 is 6.04 Å². The van der Waals surface area contributed by atoms with E-state index in [4.69, 9.17) is 5.73 Å². The van der Waals surface area contributed by atoms with Crippen molar-refractivity contribution in [3.05, 3.63) is 48.6 Å². The molecular formula is C15H22N2O. The lowest BCUT2D eigenvalue weighted by Crippen LogP contribution is -2.47. The first kappa shape index (κ1) is 14.5. The zero-order chi connectivity index (χ0) is 13.5. The van der Waals surface area contributed by atoms with Crippen molar-refractivity contribution in [3.8, 4) is 0 Å². The summed E-state index contributed by atoms with van der Waals surface area (Å²) in [6, 6.07) is 9.48. The number of nitrogens with two attached hydrogens (primary N) is 1. The van der Waals surface area contributed by atoms with Crippen LogP contribution in [-0.2, 0) is 11.2 Å². The van der Waals surface area contributed by atoms with Crippen LogP contribution in [0, 0.1) is 0 Å². The van der Waals surface area contributed by atoms with Gasteiger partial charge in [0.25, 0.3) is 0 Å². The minimum atomic E-state index is -0.491. The van der Waals surface area contributed by atoms with Crippen molar-refractivity contribution in [1.29, 1.82) is 0 Å². The molecule has 0 radical (unpaired) electrons. The third-order valence-electron chi connectivity index (χ3n) is 2.85. The van der Waals surface area contributed by atoms with Gasteiger partial charge in [-0.15, -0.1) is 6.58 Å². The molecule has 0 bridgehead atoms. The number of benzene rings is 1. The molecule has 0 aliphatic heterocycles. The summed E-state index contributed by atoms with van der Waals surface area (Å²) in [6.45, 7) is 8.18. The Morgan fingerprint density at radius 2 is 2.00 bits per heavy atom. The van der Waals surface area contributed by atoms with E-state index in [1.807, 2.05) is 44.2 Å². The summed E-state index contributed by atoms with van der Waals surface area (Å²) in [4.78, 5) is 14.0. The number of amides is 1. The lowest BCUT2D eigenvalue weighted by Gasteiger charge is -2.28. The largest absolute Gasteiger partial charge is 0.335 e. The fraction of sp³-hybridized carbons (Fsp3) is 0.400. The van der Waals surface area contributed by atoms with Gasteiger partial charge >= 0.3 is 0 Å². The molecule has 0 fully saturated rings. The molecule has 3 nitrogen and oxygen atoms in total. The first-order valence-corrected chi connectivity index (χ1v) is 6.27. The van der Waals surface area contributed by atoms with Gasteiger partial charge in [0, 0.05) is 12.6 Å². The van der Waals surface area contributed by atoms with Crippen molar-refractivity contribution in [2.75, 3.05) is 6.54 Å². The third kappa shape index (κ3) is 4.00. The normalized spacial score (nSPS) is 12.2. The van der Waals surface area contributed by atoms with Gasteiger partial charge in [-0.05, 0) is 25.8 Å². The average Bonchev–Trinajstić information content (AvgIpc) is 2.36. The molecule has 0 saturated heterocycles. The Kier molecular flexibility index (Phi) is 5.59. The number of hydrogen-bond donors (Lipinski definition) is 1. The molecule has 0 heterocycles. The molecule has 1 rings (SSSR count). The summed E-state index contributed by atoms with van der Waals surface area (Å²) in [5.41, 5.74) is 7.08. The summed E-state index contributed by atoms with van der Waals surface area (Å²) in [7, 11) is 0. The molecule has 0 spiro atoms. The first-order chi connectivity index (χ1) is 8.56. The predicted octanol–water partition coefficient (Wildman–Crippen LogP) is 1.98. The average molecular weight is 246 g/mol. The van der Waals surface area contributed by atoms with Crippen molar-refractivity contribution in [2.24, 2.45) is 5.73 Å². The quantitative estimate of drug-likeness (QED) is 0.780. The Morgan fingerprint density at radius 1 is 1.39 bits per heavy atom. The lowest BCUT2D eigenvalue weighted by atomic mass is 10.1. The van der Waals surface area contributed by atoms with Gasteiger partial charge in [0.1, 0.15) is 0 Å². The van der Waals surface area contributed by atoms with Crippen LogP contribution in [0.25, 0.3) is 0 Å². The highest BCUT2D eigenvalue weighted by molar-refractivity contribution is 5.82. The third-order valence-corrected chi connectivity index (χ3v) is 2.85. The van der Waals surface area contributed by atoms with E-state index in [1.54, 1.807) is 11.0 Å². The van der Waals surface area contributed by atoms with Crippen LogP contribution in [0.3, 0.4) is 0 Å². The Balaban J connectivity index is 2.67. The summed E-state index contributed by atoms with van der Waals surface area (Å²) < 4.78 is 0. The molecule has 18 heavy (non-hydrogen) atoms. The van der Waals surface area contributed by atoms with Crippen molar-refractivity contribution in [3.63, 3.8) is 0 Å². The van der Waals surface area contributed by atoms with E-state index >= 15 is 0 Å². The van der Waals surface area contributed by atoms with Crippen LogP contribution in [0.4, 0.5) is 0 Å². The molecular weight excluding hydrogens is 224 g/mol. The number of carbonyl (C=O) groups is 1. The van der Waals surface area contributed by atoms with Crippen LogP contribution in [0.5, 0.6) is 0 Å². The molecule has 1 aromatic rings. The number of carbonyl (C=O) groups excluding carboxylic acids is 1. The van der Waals surface area contributed by atoms with E-state index in [9.17, 15) is 4.79 Å². The molecule has 0 saturated carbocycles. The molecule has 0 aliphatic carbocycles. The maximum absolute atomic E-state index is 12.2. The van der Waals surface area contributed by atoms with Crippen LogP contribution >= 0.6 is 0 Å². The minimum Gasteiger partial charge on any atom is -0.335 e. The van der Waals surface area contributed by atoms with Gasteiger partial charge in [-0.3, -0.25) is 4.79 Å². The minimum absolute atomic E-state index is 0.0197. The van der Waals surface area contributed by atoms with Gasteiger partial charge in [-0.25, -0.2) is 0 Å². The molecule has 1 aromatic carbocycles. The smallest absolute Gasteiger partial charge is 0.240 e. The van der Waals surface area contributed by atoms with Gasteiger partial charge in [0.15, 0.2) is 0 Å². The zero-order valence-electron chi connectivity index (χ0n) is 11.2. The summed E-state index contributed by atoms with van der Waals surface area (Å²) in [5.74, 6) is -0.0197. The van der Waals surface area contributed by atoms with Crippen LogP contribution < -0.4 is 5.73 Å². The fourth-order valence-electron chi connectivity index (χ4n) is 1.86. The van der Waals surface area contributed by atoms with Crippen molar-refractivity contribution >= 4 is 5.91 Å². The van der Waals surface area contributed by atoms with E-state index in [1.165, 1.54) is 0 Å². The Hall–Kier alpha value is -1.61. The highest BCUT2D eigenvalue weighted by Crippen LogP contribution is 2.07. The van der Waals surface area contributed by atoms with Crippen molar-refractivity contribution < 1.29 is 4.79 Å². The first-order valence-electron chi connectivity index (χ1n) is 6.27. The van der Waals surface area contributed by atoms with Crippen LogP contribution in [0.1, 0.15) is 19.4 Å². The fourth-order valence-corrected chi connectivity index (χ4v) is 1.86. The lowest BCUT2D eigenvalue weighted by molar-refractivity contribution is -0.133. The van der Waals surface area contributed by atoms with Crippen molar-refractivity contribution in [2.45, 2.75) is 32.4 Å². The topological polar surface area (TPSA) is 46.3 Å². The summed E-state index contributed by atoms with van der Waals surface area (Å²) >= 11 is 0. The summed E-state index contributed by atoms with van der Waals surface area (Å²) in [6.07, 6.45) is 2.30. The Labute approximate surface area is 109 Å². The SMILES string of the molecule is C=CCN(C(=O)[C@H](N)Cc1ccccc1)C(C)C.